The van der Waals surface area contributed by atoms with Crippen molar-refractivity contribution in [2.24, 2.45) is 0 Å². The maximum absolute atomic E-state index is 7.26. The molecule has 0 saturated carbocycles. The van der Waals surface area contributed by atoms with Gasteiger partial charge >= 0.3 is 0 Å². The van der Waals surface area contributed by atoms with Crippen LogP contribution in [0.5, 0.6) is 0 Å². The van der Waals surface area contributed by atoms with E-state index in [0.717, 1.165) is 71.8 Å². The van der Waals surface area contributed by atoms with Crippen molar-refractivity contribution in [3.05, 3.63) is 162 Å². The third-order valence-electron chi connectivity index (χ3n) is 14.5. The molecule has 0 saturated heterocycles. The molecule has 3 aromatic heterocycles. The summed E-state index contributed by atoms with van der Waals surface area (Å²) in [7, 11) is 2.46. The molecule has 1 aliphatic carbocycles. The van der Waals surface area contributed by atoms with Crippen molar-refractivity contribution in [1.82, 2.24) is 4.57 Å². The van der Waals surface area contributed by atoms with Crippen molar-refractivity contribution in [3.63, 3.8) is 0 Å². The van der Waals surface area contributed by atoms with E-state index in [1.165, 1.54) is 66.3 Å². The van der Waals surface area contributed by atoms with Crippen molar-refractivity contribution in [1.29, 1.82) is 0 Å². The van der Waals surface area contributed by atoms with Gasteiger partial charge in [0.2, 0.25) is 0 Å². The summed E-state index contributed by atoms with van der Waals surface area (Å²) in [5.41, 5.74) is 21.3. The van der Waals surface area contributed by atoms with Gasteiger partial charge in [-0.2, -0.15) is 0 Å². The Hall–Kier alpha value is -6.98. The van der Waals surface area contributed by atoms with E-state index < -0.39 is 0 Å². The number of furan rings is 2. The normalized spacial score (nSPS) is 14.2. The number of fused-ring (bicyclic) bond motifs is 15. The molecule has 1 radical (unpaired) electrons. The molecule has 1 N–H and O–H groups in total. The second kappa shape index (κ2) is 12.6. The first-order valence-electron chi connectivity index (χ1n) is 22.7. The lowest BCUT2D eigenvalue weighted by molar-refractivity contribution is 0.590. The van der Waals surface area contributed by atoms with Crippen molar-refractivity contribution < 1.29 is 8.83 Å². The summed E-state index contributed by atoms with van der Waals surface area (Å²) in [5, 5.41) is 10.8. The van der Waals surface area contributed by atoms with Gasteiger partial charge in [-0.25, -0.2) is 0 Å². The Morgan fingerprint density at radius 2 is 1.23 bits per heavy atom. The van der Waals surface area contributed by atoms with Crippen molar-refractivity contribution in [2.45, 2.75) is 71.6 Å². The summed E-state index contributed by atoms with van der Waals surface area (Å²) in [4.78, 5) is 0. The lowest BCUT2D eigenvalue weighted by Crippen LogP contribution is -2.38. The Morgan fingerprint density at radius 3 is 2.00 bits per heavy atom. The van der Waals surface area contributed by atoms with E-state index in [2.05, 4.69) is 206 Å². The predicted octanol–water partition coefficient (Wildman–Crippen LogP) is 14.9. The summed E-state index contributed by atoms with van der Waals surface area (Å²) in [6.07, 6.45) is 0. The summed E-state index contributed by atoms with van der Waals surface area (Å²) in [5.74, 6) is 0. The van der Waals surface area contributed by atoms with Crippen molar-refractivity contribution in [3.8, 4) is 27.9 Å². The topological polar surface area (TPSA) is 43.2 Å². The van der Waals surface area contributed by atoms with Crippen molar-refractivity contribution in [2.75, 3.05) is 5.32 Å². The molecule has 13 rings (SSSR count). The van der Waals surface area contributed by atoms with Crippen LogP contribution in [0.2, 0.25) is 0 Å². The van der Waals surface area contributed by atoms with Crippen LogP contribution >= 0.6 is 0 Å². The van der Waals surface area contributed by atoms with Crippen LogP contribution in [0.4, 0.5) is 11.4 Å². The second-order valence-electron chi connectivity index (χ2n) is 20.8. The van der Waals surface area contributed by atoms with Crippen molar-refractivity contribution >= 4 is 95.3 Å². The first-order valence-corrected chi connectivity index (χ1v) is 22.7. The molecule has 309 valence electrons. The van der Waals surface area contributed by atoms with Gasteiger partial charge in [0, 0.05) is 71.8 Å². The fraction of sp³-hybridized carbons (Fsp3) is 0.186. The maximum Gasteiger partial charge on any atom is 0.198 e. The van der Waals surface area contributed by atoms with E-state index in [9.17, 15) is 0 Å². The molecule has 4 nitrogen and oxygen atoms in total. The zero-order valence-electron chi connectivity index (χ0n) is 37.6. The molecular formula is C59H48BN2O2. The standard InChI is InChI=1S/C59H48BN2O2/c1-57(2,3)32-21-24-34(25-22-32)61-45-31-50-39(36-16-10-13-19-48(36)63-50)28-40(45)53-54-55-51(52-37-17-11-14-20-49(37)64-56(52)53)41-27-33(58(4,5)6)23-26-46(41)62(55)47-29-38-35-15-9-12-18-42(35)59(7,8)43(38)30-44(47)60-54/h9-31,61H,1-8H3. The van der Waals surface area contributed by atoms with Crippen LogP contribution in [-0.4, -0.2) is 11.8 Å². The van der Waals surface area contributed by atoms with Crippen LogP contribution < -0.4 is 16.2 Å². The lowest BCUT2D eigenvalue weighted by Gasteiger charge is -2.27. The Morgan fingerprint density at radius 1 is 0.547 bits per heavy atom. The minimum absolute atomic E-state index is 0.0399. The lowest BCUT2D eigenvalue weighted by atomic mass is 9.58. The smallest absolute Gasteiger partial charge is 0.198 e. The first kappa shape index (κ1) is 37.6. The molecular weight excluding hydrogens is 779 g/mol. The zero-order chi connectivity index (χ0) is 43.6. The monoisotopic (exact) mass is 827 g/mol. The Labute approximate surface area is 373 Å². The van der Waals surface area contributed by atoms with Crippen LogP contribution in [0.1, 0.15) is 77.6 Å². The number of para-hydroxylation sites is 2. The molecule has 0 atom stereocenters. The molecule has 0 spiro atoms. The van der Waals surface area contributed by atoms with E-state index in [0.29, 0.717) is 0 Å². The van der Waals surface area contributed by atoms with Gasteiger partial charge in [0.15, 0.2) is 7.28 Å². The molecule has 2 aliphatic rings. The molecule has 64 heavy (non-hydrogen) atoms. The van der Waals surface area contributed by atoms with Crippen LogP contribution in [-0.2, 0) is 16.2 Å². The third-order valence-corrected chi connectivity index (χ3v) is 14.5. The fourth-order valence-corrected chi connectivity index (χ4v) is 11.1. The highest BCUT2D eigenvalue weighted by Crippen LogP contribution is 2.52. The SMILES string of the molecule is CC(C)(C)c1ccc(Nc2cc3oc4ccccc4c3cc2-c2c3c4c(c5cc(C(C)(C)C)ccc5n4-c4cc5c(cc4[B]3)C(C)(C)c3ccccc3-5)c3c2oc2ccccc23)cc1. The van der Waals surface area contributed by atoms with E-state index >= 15 is 0 Å². The number of aromatic nitrogens is 1. The highest BCUT2D eigenvalue weighted by Gasteiger charge is 2.39. The van der Waals surface area contributed by atoms with E-state index in [1.54, 1.807) is 0 Å². The quantitative estimate of drug-likeness (QED) is 0.180. The molecule has 4 heterocycles. The van der Waals surface area contributed by atoms with Crippen LogP contribution in [0.25, 0.3) is 93.6 Å². The fourth-order valence-electron chi connectivity index (χ4n) is 11.1. The van der Waals surface area contributed by atoms with Crippen LogP contribution in [0, 0.1) is 0 Å². The molecule has 0 fully saturated rings. The number of nitrogens with one attached hydrogen (secondary N) is 1. The maximum atomic E-state index is 7.26. The minimum Gasteiger partial charge on any atom is -0.456 e. The average Bonchev–Trinajstić information content (AvgIpc) is 4.00. The Bertz CT molecular complexity index is 3820. The predicted molar refractivity (Wildman–Crippen MR) is 270 cm³/mol. The molecule has 11 aromatic rings. The highest BCUT2D eigenvalue weighted by molar-refractivity contribution is 6.74. The van der Waals surface area contributed by atoms with E-state index in [-0.39, 0.29) is 16.2 Å². The third kappa shape index (κ3) is 5.12. The first-order chi connectivity index (χ1) is 30.7. The van der Waals surface area contributed by atoms with Gasteiger partial charge in [-0.1, -0.05) is 146 Å². The molecule has 5 heteroatoms. The minimum atomic E-state index is -0.150. The molecule has 0 unspecified atom stereocenters. The zero-order valence-corrected chi connectivity index (χ0v) is 37.6. The summed E-state index contributed by atoms with van der Waals surface area (Å²) >= 11 is 0. The molecule has 1 aliphatic heterocycles. The molecule has 0 bridgehead atoms. The van der Waals surface area contributed by atoms with Gasteiger partial charge in [-0.15, -0.1) is 0 Å². The summed E-state index contributed by atoms with van der Waals surface area (Å²) in [6.45, 7) is 18.5. The molecule has 8 aromatic carbocycles. The number of hydrogen-bond donors (Lipinski definition) is 1. The van der Waals surface area contributed by atoms with Gasteiger partial charge in [0.1, 0.15) is 22.3 Å². The second-order valence-corrected chi connectivity index (χ2v) is 20.8. The number of anilines is 2. The highest BCUT2D eigenvalue weighted by atomic mass is 16.3. The number of benzene rings is 8. The number of nitrogens with zero attached hydrogens (tertiary/aromatic N) is 1. The molecule has 0 amide bonds. The number of rotatable bonds is 3. The van der Waals surface area contributed by atoms with Gasteiger partial charge in [0.05, 0.1) is 11.2 Å². The van der Waals surface area contributed by atoms with Gasteiger partial charge in [-0.05, 0) is 98.2 Å². The Balaban J connectivity index is 1.19. The van der Waals surface area contributed by atoms with Gasteiger partial charge < -0.3 is 18.7 Å². The summed E-state index contributed by atoms with van der Waals surface area (Å²) in [6, 6.07) is 51.4. The Kier molecular flexibility index (Phi) is 7.40. The summed E-state index contributed by atoms with van der Waals surface area (Å²) < 4.78 is 16.5. The number of hydrogen-bond acceptors (Lipinski definition) is 3. The van der Waals surface area contributed by atoms with E-state index in [1.807, 2.05) is 6.07 Å². The van der Waals surface area contributed by atoms with Gasteiger partial charge in [0.25, 0.3) is 0 Å². The van der Waals surface area contributed by atoms with Crippen LogP contribution in [0.3, 0.4) is 0 Å². The largest absolute Gasteiger partial charge is 0.456 e. The van der Waals surface area contributed by atoms with Gasteiger partial charge in [-0.3, -0.25) is 0 Å². The average molecular weight is 828 g/mol. The van der Waals surface area contributed by atoms with Crippen LogP contribution in [0.15, 0.2) is 148 Å². The van der Waals surface area contributed by atoms with E-state index in [4.69, 9.17) is 8.83 Å².